The zero-order chi connectivity index (χ0) is 14.1. The van der Waals surface area contributed by atoms with Crippen molar-refractivity contribution in [3.8, 4) is 0 Å². The minimum atomic E-state index is -0.878. The normalized spacial score (nSPS) is 25.3. The number of amides is 1. The van der Waals surface area contributed by atoms with Crippen LogP contribution in [0.5, 0.6) is 0 Å². The van der Waals surface area contributed by atoms with Crippen molar-refractivity contribution >= 4 is 23.6 Å². The van der Waals surface area contributed by atoms with Crippen molar-refractivity contribution in [2.45, 2.75) is 36.1 Å². The molecule has 4 nitrogen and oxygen atoms in total. The number of carbonyl (C=O) groups is 2. The predicted octanol–water partition coefficient (Wildman–Crippen LogP) is 2.34. The summed E-state index contributed by atoms with van der Waals surface area (Å²) in [5, 5.41) is 9.30. The second kappa shape index (κ2) is 5.48. The molecule has 1 unspecified atom stereocenters. The summed E-state index contributed by atoms with van der Waals surface area (Å²) < 4.78 is 0. The number of carboxylic acid groups (broad SMARTS) is 1. The summed E-state index contributed by atoms with van der Waals surface area (Å²) >= 11 is 1.68. The van der Waals surface area contributed by atoms with Gasteiger partial charge in [-0.05, 0) is 30.9 Å². The second-order valence-electron chi connectivity index (χ2n) is 5.28. The highest BCUT2D eigenvalue weighted by atomic mass is 32.2. The zero-order valence-electron chi connectivity index (χ0n) is 11.1. The van der Waals surface area contributed by atoms with Crippen LogP contribution >= 0.6 is 11.8 Å². The van der Waals surface area contributed by atoms with Crippen molar-refractivity contribution in [2.24, 2.45) is 0 Å². The van der Waals surface area contributed by atoms with E-state index in [0.717, 1.165) is 29.1 Å². The van der Waals surface area contributed by atoms with Crippen LogP contribution in [0.25, 0.3) is 0 Å². The Balaban J connectivity index is 1.84. The molecule has 0 spiro atoms. The van der Waals surface area contributed by atoms with Crippen LogP contribution in [-0.4, -0.2) is 40.2 Å². The number of hydrogen-bond acceptors (Lipinski definition) is 3. The fraction of sp³-hybridized carbons (Fsp3) is 0.467. The van der Waals surface area contributed by atoms with Gasteiger partial charge in [0, 0.05) is 17.2 Å². The molecule has 20 heavy (non-hydrogen) atoms. The SMILES string of the molecule is O=C(O)[C@H]1CCCCN1C(=O)C1CSc2ccccc21. The molecule has 2 aliphatic heterocycles. The van der Waals surface area contributed by atoms with Gasteiger partial charge in [-0.1, -0.05) is 18.2 Å². The molecule has 106 valence electrons. The first-order valence-corrected chi connectivity index (χ1v) is 7.92. The Bertz CT molecular complexity index is 546. The molecular weight excluding hydrogens is 274 g/mol. The van der Waals surface area contributed by atoms with Gasteiger partial charge >= 0.3 is 5.97 Å². The van der Waals surface area contributed by atoms with Gasteiger partial charge in [0.15, 0.2) is 0 Å². The summed E-state index contributed by atoms with van der Waals surface area (Å²) in [4.78, 5) is 26.8. The van der Waals surface area contributed by atoms with Crippen LogP contribution in [-0.2, 0) is 9.59 Å². The van der Waals surface area contributed by atoms with Crippen molar-refractivity contribution in [2.75, 3.05) is 12.3 Å². The van der Waals surface area contributed by atoms with Crippen molar-refractivity contribution in [1.82, 2.24) is 4.90 Å². The first-order chi connectivity index (χ1) is 9.68. The first kappa shape index (κ1) is 13.5. The highest BCUT2D eigenvalue weighted by Gasteiger charge is 2.38. The number of nitrogens with zero attached hydrogens (tertiary/aromatic N) is 1. The van der Waals surface area contributed by atoms with Crippen LogP contribution in [0, 0.1) is 0 Å². The van der Waals surface area contributed by atoms with E-state index in [4.69, 9.17) is 0 Å². The molecule has 1 aromatic carbocycles. The molecule has 0 aromatic heterocycles. The second-order valence-corrected chi connectivity index (χ2v) is 6.34. The molecule has 2 atom stereocenters. The summed E-state index contributed by atoms with van der Waals surface area (Å²) in [7, 11) is 0. The number of hydrogen-bond donors (Lipinski definition) is 1. The largest absolute Gasteiger partial charge is 0.480 e. The van der Waals surface area contributed by atoms with Gasteiger partial charge < -0.3 is 10.0 Å². The van der Waals surface area contributed by atoms with Crippen LogP contribution in [0.15, 0.2) is 29.2 Å². The number of thioether (sulfide) groups is 1. The third kappa shape index (κ3) is 2.30. The van der Waals surface area contributed by atoms with Gasteiger partial charge in [0.1, 0.15) is 6.04 Å². The van der Waals surface area contributed by atoms with Gasteiger partial charge in [0.25, 0.3) is 0 Å². The van der Waals surface area contributed by atoms with Gasteiger partial charge in [-0.2, -0.15) is 0 Å². The number of benzene rings is 1. The van der Waals surface area contributed by atoms with E-state index < -0.39 is 12.0 Å². The van der Waals surface area contributed by atoms with Crippen LogP contribution < -0.4 is 0 Å². The highest BCUT2D eigenvalue weighted by Crippen LogP contribution is 2.40. The van der Waals surface area contributed by atoms with E-state index >= 15 is 0 Å². The fourth-order valence-electron chi connectivity index (χ4n) is 3.02. The summed E-state index contributed by atoms with van der Waals surface area (Å²) in [6.45, 7) is 0.569. The third-order valence-electron chi connectivity index (χ3n) is 4.07. The Labute approximate surface area is 122 Å². The molecule has 3 rings (SSSR count). The van der Waals surface area contributed by atoms with E-state index in [1.807, 2.05) is 24.3 Å². The number of piperidine rings is 1. The molecule has 1 saturated heterocycles. The molecule has 5 heteroatoms. The zero-order valence-corrected chi connectivity index (χ0v) is 11.9. The Morgan fingerprint density at radius 1 is 1.25 bits per heavy atom. The first-order valence-electron chi connectivity index (χ1n) is 6.93. The lowest BCUT2D eigenvalue weighted by molar-refractivity contribution is -0.152. The third-order valence-corrected chi connectivity index (χ3v) is 5.25. The van der Waals surface area contributed by atoms with Crippen molar-refractivity contribution in [1.29, 1.82) is 0 Å². The molecule has 1 fully saturated rings. The molecule has 2 heterocycles. The monoisotopic (exact) mass is 291 g/mol. The van der Waals surface area contributed by atoms with Gasteiger partial charge in [0.2, 0.25) is 5.91 Å². The Kier molecular flexibility index (Phi) is 3.70. The molecule has 1 aromatic rings. The maximum absolute atomic E-state index is 12.7. The lowest BCUT2D eigenvalue weighted by atomic mass is 9.95. The molecule has 1 amide bonds. The van der Waals surface area contributed by atoms with E-state index in [0.29, 0.717) is 13.0 Å². The van der Waals surface area contributed by atoms with Crippen molar-refractivity contribution in [3.05, 3.63) is 29.8 Å². The molecule has 1 N–H and O–H groups in total. The Morgan fingerprint density at radius 3 is 2.85 bits per heavy atom. The van der Waals surface area contributed by atoms with E-state index in [1.54, 1.807) is 16.7 Å². The van der Waals surface area contributed by atoms with Crippen LogP contribution in [0.1, 0.15) is 30.7 Å². The number of rotatable bonds is 2. The molecule has 0 saturated carbocycles. The Morgan fingerprint density at radius 2 is 2.05 bits per heavy atom. The van der Waals surface area contributed by atoms with Gasteiger partial charge in [-0.25, -0.2) is 4.79 Å². The van der Waals surface area contributed by atoms with E-state index in [-0.39, 0.29) is 11.8 Å². The maximum Gasteiger partial charge on any atom is 0.326 e. The maximum atomic E-state index is 12.7. The van der Waals surface area contributed by atoms with Crippen molar-refractivity contribution in [3.63, 3.8) is 0 Å². The standard InChI is InChI=1S/C15H17NO3S/c17-14(16-8-4-3-6-12(16)15(18)19)11-9-20-13-7-2-1-5-10(11)13/h1-2,5,7,11-12H,3-4,6,8-9H2,(H,18,19)/t11?,12-/m1/s1. The van der Waals surface area contributed by atoms with Crippen LogP contribution in [0.2, 0.25) is 0 Å². The molecule has 0 aliphatic carbocycles. The van der Waals surface area contributed by atoms with Gasteiger partial charge in [-0.15, -0.1) is 11.8 Å². The average molecular weight is 291 g/mol. The number of likely N-dealkylation sites (tertiary alicyclic amines) is 1. The van der Waals surface area contributed by atoms with Gasteiger partial charge in [-0.3, -0.25) is 4.79 Å². The number of carboxylic acids is 1. The summed E-state index contributed by atoms with van der Waals surface area (Å²) in [5.74, 6) is -0.358. The van der Waals surface area contributed by atoms with E-state index in [2.05, 4.69) is 0 Å². The molecule has 0 bridgehead atoms. The number of fused-ring (bicyclic) bond motifs is 1. The smallest absolute Gasteiger partial charge is 0.326 e. The number of carbonyl (C=O) groups excluding carboxylic acids is 1. The fourth-order valence-corrected chi connectivity index (χ4v) is 4.24. The highest BCUT2D eigenvalue weighted by molar-refractivity contribution is 7.99. The molecule has 2 aliphatic rings. The molecule has 0 radical (unpaired) electrons. The lowest BCUT2D eigenvalue weighted by Gasteiger charge is -2.34. The summed E-state index contributed by atoms with van der Waals surface area (Å²) in [5.41, 5.74) is 1.05. The Hall–Kier alpha value is -1.49. The minimum absolute atomic E-state index is 0.0189. The van der Waals surface area contributed by atoms with Gasteiger partial charge in [0.05, 0.1) is 5.92 Å². The number of aliphatic carboxylic acids is 1. The topological polar surface area (TPSA) is 57.6 Å². The van der Waals surface area contributed by atoms with E-state index in [1.165, 1.54) is 0 Å². The average Bonchev–Trinajstić information content (AvgIpc) is 2.90. The molecular formula is C15H17NO3S. The van der Waals surface area contributed by atoms with E-state index in [9.17, 15) is 14.7 Å². The quantitative estimate of drug-likeness (QED) is 0.908. The lowest BCUT2D eigenvalue weighted by Crippen LogP contribution is -2.49. The van der Waals surface area contributed by atoms with Crippen molar-refractivity contribution < 1.29 is 14.7 Å². The minimum Gasteiger partial charge on any atom is -0.480 e. The summed E-state index contributed by atoms with van der Waals surface area (Å²) in [6.07, 6.45) is 2.36. The van der Waals surface area contributed by atoms with Crippen LogP contribution in [0.3, 0.4) is 0 Å². The van der Waals surface area contributed by atoms with Crippen LogP contribution in [0.4, 0.5) is 0 Å². The predicted molar refractivity (Wildman–Crippen MR) is 76.9 cm³/mol. The summed E-state index contributed by atoms with van der Waals surface area (Å²) in [6, 6.07) is 7.28.